The summed E-state index contributed by atoms with van der Waals surface area (Å²) in [5.41, 5.74) is 4.56. The molecule has 0 aliphatic heterocycles. The summed E-state index contributed by atoms with van der Waals surface area (Å²) in [5.74, 6) is 0. The van der Waals surface area contributed by atoms with Crippen molar-refractivity contribution in [3.8, 4) is 0 Å². The van der Waals surface area contributed by atoms with Crippen molar-refractivity contribution in [3.05, 3.63) is 117 Å². The van der Waals surface area contributed by atoms with Gasteiger partial charge in [-0.2, -0.15) is 0 Å². The van der Waals surface area contributed by atoms with E-state index in [1.165, 1.54) is 48.5 Å². The standard InChI is InChI=1S/C30H22N6O12S3.3Na/c31-25-16-21(13-14-27(25)33-32-26-5-1-4-24-23(26)3-2-6-28(24)49(40,41)42)35(37)34-20-11-9-18(29(15-20)50(43,44)45)7-8-19-10-12-22(36(38)39)17-30(19)51(46,47)48;;;/h1-17H,31H2,(H,40,41,42)(H,43,44,45)(H,46,47,48);;;/q;3*+1/p-3/b8-7+,33-32?,35-34?;;;. The molecule has 2 N–H and O–H groups in total. The molecular formula is C30H19N6Na3O12S3. The number of nitrogens with two attached hydrogens (primary N) is 1. The second-order valence-electron chi connectivity index (χ2n) is 10.3. The first-order valence-corrected chi connectivity index (χ1v) is 18.1. The van der Waals surface area contributed by atoms with Crippen LogP contribution in [0.3, 0.4) is 0 Å². The van der Waals surface area contributed by atoms with Crippen molar-refractivity contribution >= 4 is 87.4 Å². The van der Waals surface area contributed by atoms with Gasteiger partial charge in [0, 0.05) is 40.2 Å². The maximum atomic E-state index is 12.9. The van der Waals surface area contributed by atoms with Gasteiger partial charge in [-0.1, -0.05) is 47.3 Å². The first-order valence-electron chi connectivity index (χ1n) is 13.8. The average Bonchev–Trinajstić information content (AvgIpc) is 3.05. The van der Waals surface area contributed by atoms with E-state index in [4.69, 9.17) is 5.73 Å². The number of hydrogen-bond donors (Lipinski definition) is 1. The van der Waals surface area contributed by atoms with E-state index < -0.39 is 55.7 Å². The quantitative estimate of drug-likeness (QED) is 0.0210. The fourth-order valence-corrected chi connectivity index (χ4v) is 6.77. The largest absolute Gasteiger partial charge is 1.00 e. The van der Waals surface area contributed by atoms with Crippen LogP contribution in [0.25, 0.3) is 22.9 Å². The topological polar surface area (TPSA) is 304 Å². The number of azo groups is 2. The molecule has 0 aliphatic rings. The number of hydrogen-bond acceptors (Lipinski definition) is 16. The van der Waals surface area contributed by atoms with Gasteiger partial charge < -0.3 is 24.6 Å². The number of non-ortho nitro benzene ring substituents is 1. The summed E-state index contributed by atoms with van der Waals surface area (Å²) in [6.45, 7) is 0. The Morgan fingerprint density at radius 1 is 0.574 bits per heavy atom. The fourth-order valence-electron chi connectivity index (χ4n) is 4.70. The SMILES string of the molecule is Nc1cc([N+]([O-])=Nc2ccc(/C=C/c3ccc([N+](=O)[O-])cc3S(=O)(=O)[O-])c(S(=O)(=O)[O-])c2)ccc1N=Nc1cccc2c(S(=O)(=O)[O-])cccc12.[Na+].[Na+].[Na+]. The molecule has 262 valence electrons. The third kappa shape index (κ3) is 11.3. The van der Waals surface area contributed by atoms with Gasteiger partial charge >= 0.3 is 88.7 Å². The molecule has 0 heterocycles. The van der Waals surface area contributed by atoms with Crippen LogP contribution < -0.4 is 94.4 Å². The molecular weight excluding hydrogens is 802 g/mol. The van der Waals surface area contributed by atoms with Crippen molar-refractivity contribution in [2.24, 2.45) is 15.3 Å². The van der Waals surface area contributed by atoms with E-state index in [0.29, 0.717) is 11.5 Å². The van der Waals surface area contributed by atoms with Crippen LogP contribution in [-0.2, 0) is 30.4 Å². The molecule has 5 aromatic rings. The van der Waals surface area contributed by atoms with Crippen LogP contribution in [0.15, 0.2) is 121 Å². The zero-order valence-electron chi connectivity index (χ0n) is 28.3. The van der Waals surface area contributed by atoms with Crippen LogP contribution in [0.5, 0.6) is 0 Å². The minimum atomic E-state index is -5.22. The molecule has 24 heteroatoms. The number of nitrogens with zero attached hydrogens (tertiary/aromatic N) is 5. The molecule has 18 nitrogen and oxygen atoms in total. The minimum absolute atomic E-state index is 0. The van der Waals surface area contributed by atoms with Gasteiger partial charge in [0.1, 0.15) is 41.7 Å². The first-order chi connectivity index (χ1) is 23.8. The summed E-state index contributed by atoms with van der Waals surface area (Å²) in [6, 6.07) is 17.7. The first kappa shape index (κ1) is 47.2. The Balaban J connectivity index is 0.00000336. The van der Waals surface area contributed by atoms with E-state index in [2.05, 4.69) is 15.3 Å². The Labute approximate surface area is 373 Å². The van der Waals surface area contributed by atoms with Crippen LogP contribution in [0, 0.1) is 15.3 Å². The Bertz CT molecular complexity index is 2700. The predicted molar refractivity (Wildman–Crippen MR) is 177 cm³/mol. The van der Waals surface area contributed by atoms with E-state index in [1.54, 1.807) is 6.07 Å². The molecule has 0 spiro atoms. The predicted octanol–water partition coefficient (Wildman–Crippen LogP) is -3.43. The zero-order chi connectivity index (χ0) is 37.3. The van der Waals surface area contributed by atoms with Crippen molar-refractivity contribution in [1.29, 1.82) is 0 Å². The maximum absolute atomic E-state index is 12.9. The van der Waals surface area contributed by atoms with E-state index in [-0.39, 0.29) is 138 Å². The Morgan fingerprint density at radius 2 is 1.09 bits per heavy atom. The molecule has 0 radical (unpaired) electrons. The van der Waals surface area contributed by atoms with E-state index >= 15 is 0 Å². The van der Waals surface area contributed by atoms with Gasteiger partial charge in [0.15, 0.2) is 0 Å². The van der Waals surface area contributed by atoms with Gasteiger partial charge in [-0.05, 0) is 47.5 Å². The molecule has 0 saturated heterocycles. The van der Waals surface area contributed by atoms with Gasteiger partial charge in [-0.15, -0.1) is 10.2 Å². The van der Waals surface area contributed by atoms with Gasteiger partial charge in [-0.25, -0.2) is 25.3 Å². The van der Waals surface area contributed by atoms with Crippen molar-refractivity contribution < 1.29 is 137 Å². The number of anilines is 1. The molecule has 5 rings (SSSR count). The van der Waals surface area contributed by atoms with Gasteiger partial charge in [0.2, 0.25) is 5.69 Å². The molecule has 5 aromatic carbocycles. The Hall–Kier alpha value is -2.97. The van der Waals surface area contributed by atoms with Crippen LogP contribution in [0.4, 0.5) is 34.1 Å². The minimum Gasteiger partial charge on any atom is -0.744 e. The molecule has 0 atom stereocenters. The second kappa shape index (κ2) is 18.8. The summed E-state index contributed by atoms with van der Waals surface area (Å²) >= 11 is 0. The molecule has 0 aliphatic carbocycles. The van der Waals surface area contributed by atoms with E-state index in [0.717, 1.165) is 42.5 Å². The van der Waals surface area contributed by atoms with E-state index in [1.807, 2.05) is 0 Å². The summed E-state index contributed by atoms with van der Waals surface area (Å²) in [5, 5.41) is 36.3. The fraction of sp³-hybridized carbons (Fsp3) is 0. The normalized spacial score (nSPS) is 12.2. The van der Waals surface area contributed by atoms with Gasteiger partial charge in [0.05, 0.1) is 31.0 Å². The second-order valence-corrected chi connectivity index (χ2v) is 14.4. The average molecular weight is 821 g/mol. The smallest absolute Gasteiger partial charge is 0.744 e. The molecule has 0 unspecified atom stereocenters. The van der Waals surface area contributed by atoms with Crippen LogP contribution in [0.2, 0.25) is 0 Å². The third-order valence-electron chi connectivity index (χ3n) is 7.02. The van der Waals surface area contributed by atoms with Crippen molar-refractivity contribution in [3.63, 3.8) is 0 Å². The molecule has 0 amide bonds. The maximum Gasteiger partial charge on any atom is 1.00 e. The Kier molecular flexibility index (Phi) is 16.4. The molecule has 0 bridgehead atoms. The van der Waals surface area contributed by atoms with Crippen LogP contribution in [0.1, 0.15) is 11.1 Å². The van der Waals surface area contributed by atoms with Gasteiger partial charge in [-0.3, -0.25) is 10.1 Å². The summed E-state index contributed by atoms with van der Waals surface area (Å²) in [4.78, 5) is 7.91. The number of nitro groups is 1. The van der Waals surface area contributed by atoms with E-state index in [9.17, 15) is 54.2 Å². The van der Waals surface area contributed by atoms with Crippen molar-refractivity contribution in [2.75, 3.05) is 5.73 Å². The van der Waals surface area contributed by atoms with Crippen LogP contribution >= 0.6 is 0 Å². The summed E-state index contributed by atoms with van der Waals surface area (Å²) < 4.78 is 106. The zero-order valence-corrected chi connectivity index (χ0v) is 36.7. The summed E-state index contributed by atoms with van der Waals surface area (Å²) in [6.07, 6.45) is 1.95. The molecule has 0 aromatic heterocycles. The number of benzene rings is 5. The number of nitrogen functional groups attached to an aromatic ring is 1. The number of nitro benzene ring substituents is 1. The molecule has 0 saturated carbocycles. The molecule has 54 heavy (non-hydrogen) atoms. The Morgan fingerprint density at radius 3 is 1.67 bits per heavy atom. The van der Waals surface area contributed by atoms with Crippen LogP contribution in [-0.4, -0.2) is 48.7 Å². The number of fused-ring (bicyclic) bond motifs is 1. The monoisotopic (exact) mass is 820 g/mol. The number of rotatable bonds is 10. The summed E-state index contributed by atoms with van der Waals surface area (Å²) in [7, 11) is -15.2. The van der Waals surface area contributed by atoms with Crippen molar-refractivity contribution in [2.45, 2.75) is 14.7 Å². The molecule has 0 fully saturated rings. The van der Waals surface area contributed by atoms with Crippen molar-refractivity contribution in [1.82, 2.24) is 0 Å². The third-order valence-corrected chi connectivity index (χ3v) is 9.70. The van der Waals surface area contributed by atoms with Gasteiger partial charge in [0.25, 0.3) is 5.69 Å².